The van der Waals surface area contributed by atoms with Crippen LogP contribution in [0.3, 0.4) is 0 Å². The quantitative estimate of drug-likeness (QED) is 0.0424. The van der Waals surface area contributed by atoms with Crippen LogP contribution in [0.4, 0.5) is 0 Å². The molecule has 2 aliphatic heterocycles. The van der Waals surface area contributed by atoms with Gasteiger partial charge in [0.1, 0.15) is 65.9 Å². The minimum atomic E-state index is -1.73. The number of amides is 12. The lowest BCUT2D eigenvalue weighted by atomic mass is 9.96. The first-order valence-corrected chi connectivity index (χ1v) is 36.6. The van der Waals surface area contributed by atoms with E-state index in [1.807, 2.05) is 13.8 Å². The molecule has 0 aromatic heterocycles. The van der Waals surface area contributed by atoms with Crippen LogP contribution in [0.2, 0.25) is 0 Å². The number of hydrogen-bond acceptors (Lipinski definition) is 16. The summed E-state index contributed by atoms with van der Waals surface area (Å²) in [4.78, 5) is 169. The molecule has 16 N–H and O–H groups in total. The van der Waals surface area contributed by atoms with Gasteiger partial charge < -0.3 is 84.4 Å². The van der Waals surface area contributed by atoms with E-state index in [1.165, 1.54) is 98.1 Å². The van der Waals surface area contributed by atoms with Crippen LogP contribution in [-0.2, 0) is 70.4 Å². The van der Waals surface area contributed by atoms with Crippen molar-refractivity contribution in [1.29, 1.82) is 0 Å². The smallest absolute Gasteiger partial charge is 0.246 e. The van der Waals surface area contributed by atoms with Gasteiger partial charge in [0.2, 0.25) is 70.9 Å². The van der Waals surface area contributed by atoms with Gasteiger partial charge in [-0.05, 0) is 118 Å². The van der Waals surface area contributed by atoms with Crippen LogP contribution >= 0.6 is 0 Å². The molecule has 101 heavy (non-hydrogen) atoms. The van der Waals surface area contributed by atoms with Gasteiger partial charge in [0, 0.05) is 32.4 Å². The van der Waals surface area contributed by atoms with Crippen molar-refractivity contribution in [2.24, 2.45) is 29.2 Å². The van der Waals surface area contributed by atoms with Crippen molar-refractivity contribution in [3.8, 4) is 11.5 Å². The van der Waals surface area contributed by atoms with E-state index in [4.69, 9.17) is 11.5 Å². The van der Waals surface area contributed by atoms with Gasteiger partial charge in [-0.1, -0.05) is 150 Å². The van der Waals surface area contributed by atoms with E-state index in [9.17, 15) is 72.9 Å². The van der Waals surface area contributed by atoms with Crippen molar-refractivity contribution < 1.29 is 72.9 Å². The number of phenols is 2. The lowest BCUT2D eigenvalue weighted by molar-refractivity contribution is -0.145. The molecule has 2 aromatic rings. The molecule has 2 heterocycles. The van der Waals surface area contributed by atoms with Gasteiger partial charge in [-0.25, -0.2) is 0 Å². The predicted octanol–water partition coefficient (Wildman–Crippen LogP) is 2.94. The molecule has 12 amide bonds. The third-order valence-electron chi connectivity index (χ3n) is 19.1. The minimum absolute atomic E-state index is 0.00954. The highest BCUT2D eigenvalue weighted by molar-refractivity contribution is 5.99. The number of unbranched alkanes of at least 4 members (excludes halogenated alkanes) is 11. The van der Waals surface area contributed by atoms with Gasteiger partial charge >= 0.3 is 0 Å². The summed E-state index contributed by atoms with van der Waals surface area (Å²) in [5.74, 6) is -10.1. The van der Waals surface area contributed by atoms with Crippen LogP contribution in [0, 0.1) is 17.8 Å². The molecule has 0 unspecified atom stereocenters. The van der Waals surface area contributed by atoms with Crippen LogP contribution in [-0.4, -0.2) is 189 Å². The highest BCUT2D eigenvalue weighted by Gasteiger charge is 2.43. The van der Waals surface area contributed by atoms with Crippen molar-refractivity contribution >= 4 is 70.9 Å². The SMILES string of the molecule is CCCCCCCCCCCCCC(=O)NCC(=O)N[C@H](C(=O)N[C@H](C(=O)N[C@H](C(=O)N[C@@H](Cc1ccc(O)cc1)C(=O)NCC(=O)N[C@@H](CCCCN)C(=O)N[C@H](C(=O)N1CCC[C@H]1C(=O)N[C@@H](Cc1ccc(O)cc1)C(=O)N1CCC[C@H]1C(N)=O)[C@@H](C)CC)[C@@H](C)O)C(C)C)[C@@H](C)CC. The second kappa shape index (κ2) is 44.8. The molecule has 2 aliphatic rings. The summed E-state index contributed by atoms with van der Waals surface area (Å²) in [7, 11) is 0. The number of primary amides is 1. The number of nitrogens with zero attached hydrogens (tertiary/aromatic N) is 2. The molecule has 0 spiro atoms. The average Bonchev–Trinajstić information content (AvgIpc) is 1.79. The molecule has 2 fully saturated rings. The van der Waals surface area contributed by atoms with E-state index >= 15 is 0 Å². The van der Waals surface area contributed by atoms with Gasteiger partial charge in [-0.3, -0.25) is 57.5 Å². The fourth-order valence-electron chi connectivity index (χ4n) is 12.5. The number of likely N-dealkylation sites (tertiary alicyclic amines) is 2. The highest BCUT2D eigenvalue weighted by Crippen LogP contribution is 2.25. The lowest BCUT2D eigenvalue weighted by Crippen LogP contribution is -2.62. The number of rotatable bonds is 46. The Labute approximate surface area is 595 Å². The van der Waals surface area contributed by atoms with Crippen LogP contribution in [0.25, 0.3) is 0 Å². The van der Waals surface area contributed by atoms with E-state index in [0.717, 1.165) is 19.3 Å². The Balaban J connectivity index is 1.43. The van der Waals surface area contributed by atoms with Crippen LogP contribution < -0.4 is 59.3 Å². The number of nitrogens with two attached hydrogens (primary N) is 2. The van der Waals surface area contributed by atoms with Gasteiger partial charge in [0.25, 0.3) is 0 Å². The molecule has 0 bridgehead atoms. The number of aromatic hydroxyl groups is 2. The summed E-state index contributed by atoms with van der Waals surface area (Å²) >= 11 is 0. The number of benzene rings is 2. The van der Waals surface area contributed by atoms with E-state index < -0.39 is 150 Å². The third-order valence-corrected chi connectivity index (χ3v) is 19.1. The second-order valence-corrected chi connectivity index (χ2v) is 27.6. The number of nitrogens with one attached hydrogen (secondary N) is 9. The van der Waals surface area contributed by atoms with Crippen molar-refractivity contribution in [2.75, 3.05) is 32.7 Å². The first kappa shape index (κ1) is 85.0. The topological polar surface area (TPSA) is 432 Å². The Bertz CT molecular complexity index is 3010. The third kappa shape index (κ3) is 28.9. The average molecular weight is 1420 g/mol. The molecule has 28 nitrogen and oxygen atoms in total. The Hall–Kier alpha value is -8.40. The summed E-state index contributed by atoms with van der Waals surface area (Å²) < 4.78 is 0. The maximum absolute atomic E-state index is 14.8. The number of carbonyl (C=O) groups excluding carboxylic acids is 12. The molecular formula is C73H117N13O15. The Morgan fingerprint density at radius 2 is 0.950 bits per heavy atom. The number of aliphatic hydroxyl groups excluding tert-OH is 1. The van der Waals surface area contributed by atoms with E-state index in [1.54, 1.807) is 39.8 Å². The van der Waals surface area contributed by atoms with Gasteiger partial charge in [-0.2, -0.15) is 0 Å². The fourth-order valence-corrected chi connectivity index (χ4v) is 12.5. The molecule has 564 valence electrons. The van der Waals surface area contributed by atoms with Gasteiger partial charge in [0.05, 0.1) is 19.2 Å². The largest absolute Gasteiger partial charge is 0.508 e. The van der Waals surface area contributed by atoms with Gasteiger partial charge in [0.15, 0.2) is 0 Å². The molecule has 0 saturated carbocycles. The molecule has 4 rings (SSSR count). The molecule has 2 aromatic carbocycles. The van der Waals surface area contributed by atoms with Crippen LogP contribution in [0.1, 0.15) is 201 Å². The number of hydrogen-bond donors (Lipinski definition) is 14. The first-order valence-electron chi connectivity index (χ1n) is 36.6. The predicted molar refractivity (Wildman–Crippen MR) is 381 cm³/mol. The summed E-state index contributed by atoms with van der Waals surface area (Å²) in [6.45, 7) is 13.3. The zero-order valence-corrected chi connectivity index (χ0v) is 60.7. The molecule has 12 atom stereocenters. The molecule has 0 aliphatic carbocycles. The summed E-state index contributed by atoms with van der Waals surface area (Å²) in [6, 6.07) is 0.474. The maximum atomic E-state index is 14.8. The second-order valence-electron chi connectivity index (χ2n) is 27.6. The lowest BCUT2D eigenvalue weighted by Gasteiger charge is -2.33. The van der Waals surface area contributed by atoms with Crippen molar-refractivity contribution in [1.82, 2.24) is 57.7 Å². The molecular weight excluding hydrogens is 1300 g/mol. The molecule has 2 saturated heterocycles. The minimum Gasteiger partial charge on any atom is -0.508 e. The van der Waals surface area contributed by atoms with E-state index in [0.29, 0.717) is 62.5 Å². The monoisotopic (exact) mass is 1420 g/mol. The highest BCUT2D eigenvalue weighted by atomic mass is 16.3. The van der Waals surface area contributed by atoms with Crippen molar-refractivity contribution in [2.45, 2.75) is 264 Å². The van der Waals surface area contributed by atoms with Crippen LogP contribution in [0.15, 0.2) is 48.5 Å². The maximum Gasteiger partial charge on any atom is 0.246 e. The summed E-state index contributed by atoms with van der Waals surface area (Å²) in [5, 5.41) is 55.0. The first-order chi connectivity index (χ1) is 48.1. The Morgan fingerprint density at radius 3 is 1.49 bits per heavy atom. The Kier molecular flexibility index (Phi) is 37.7. The van der Waals surface area contributed by atoms with E-state index in [-0.39, 0.29) is 75.7 Å². The summed E-state index contributed by atoms with van der Waals surface area (Å²) in [5.41, 5.74) is 12.5. The number of aliphatic hydroxyl groups is 1. The van der Waals surface area contributed by atoms with E-state index in [2.05, 4.69) is 54.8 Å². The summed E-state index contributed by atoms with van der Waals surface area (Å²) in [6.07, 6.45) is 14.0. The number of phenolic OH excluding ortho intramolecular Hbond substituents is 2. The zero-order valence-electron chi connectivity index (χ0n) is 60.7. The van der Waals surface area contributed by atoms with Crippen LogP contribution in [0.5, 0.6) is 11.5 Å². The fraction of sp³-hybridized carbons (Fsp3) is 0.671. The normalized spacial score (nSPS) is 17.3. The molecule has 28 heteroatoms. The van der Waals surface area contributed by atoms with Crippen molar-refractivity contribution in [3.05, 3.63) is 59.7 Å². The Morgan fingerprint density at radius 1 is 0.475 bits per heavy atom. The van der Waals surface area contributed by atoms with Crippen molar-refractivity contribution in [3.63, 3.8) is 0 Å². The number of carbonyl (C=O) groups is 12. The molecule has 0 radical (unpaired) electrons. The van der Waals surface area contributed by atoms with Gasteiger partial charge in [-0.15, -0.1) is 0 Å². The standard InChI is InChI=1S/C73H117N13O15/c1-9-12-13-14-15-16-17-18-19-20-21-29-58(90)76-43-60(92)81-62(46(6)10-2)70(98)82-61(45(4)5)69(97)84-64(48(8)87)71(99)79-54(41-49-30-34-51(88)35-31-49)66(94)77-44-59(91)78-53(26-22-23-38-74)67(95)83-63(47(7)11-3)73(101)86-40-25-28-57(86)68(96)80-55(42-50-32-36-52(89)37-33-50)72(100)85-39-24-27-56(85)65(75)93/h30-37,45-48,53-57,61-64,87-89H,9-29,38-44,74H2,1-8H3,(H2,75,93)(H,76,90)(H,77,94)(H,78,91)(H,79,99)(H,80,96)(H,81,92)(H,82,98)(H,83,95)(H,84,97)/t46-,47-,48+,53-,54-,55-,56-,57-,61-,62-,63-,64-/m0/s1. The zero-order chi connectivity index (χ0) is 74.7.